The Bertz CT molecular complexity index is 422. The summed E-state index contributed by atoms with van der Waals surface area (Å²) < 4.78 is 1.66. The third-order valence-corrected chi connectivity index (χ3v) is 2.12. The molecule has 0 unspecified atom stereocenters. The SMILES string of the molecule is CCCc1nc2cccc(Cl)n2n1. The third-order valence-electron chi connectivity index (χ3n) is 1.83. The van der Waals surface area contributed by atoms with Crippen LogP contribution < -0.4 is 0 Å². The van der Waals surface area contributed by atoms with E-state index >= 15 is 0 Å². The lowest BCUT2D eigenvalue weighted by atomic mass is 10.3. The van der Waals surface area contributed by atoms with Gasteiger partial charge in [-0.05, 0) is 18.6 Å². The number of fused-ring (bicyclic) bond motifs is 1. The molecular weight excluding hydrogens is 186 g/mol. The summed E-state index contributed by atoms with van der Waals surface area (Å²) in [6.07, 6.45) is 1.95. The first-order valence-corrected chi connectivity index (χ1v) is 4.69. The predicted molar refractivity (Wildman–Crippen MR) is 52.0 cm³/mol. The maximum absolute atomic E-state index is 5.93. The Labute approximate surface area is 81.4 Å². The summed E-state index contributed by atoms with van der Waals surface area (Å²) in [5.74, 6) is 0.857. The molecule has 0 aromatic carbocycles. The van der Waals surface area contributed by atoms with Gasteiger partial charge < -0.3 is 0 Å². The van der Waals surface area contributed by atoms with Crippen LogP contribution in [0.5, 0.6) is 0 Å². The van der Waals surface area contributed by atoms with Crippen LogP contribution in [0.2, 0.25) is 5.15 Å². The van der Waals surface area contributed by atoms with Crippen LogP contribution in [-0.2, 0) is 6.42 Å². The van der Waals surface area contributed by atoms with Crippen LogP contribution in [-0.4, -0.2) is 14.6 Å². The Balaban J connectivity index is 2.55. The highest BCUT2D eigenvalue weighted by Crippen LogP contribution is 2.11. The Hall–Kier alpha value is -1.09. The molecule has 13 heavy (non-hydrogen) atoms. The first-order chi connectivity index (χ1) is 6.31. The van der Waals surface area contributed by atoms with Crippen molar-refractivity contribution in [3.8, 4) is 0 Å². The van der Waals surface area contributed by atoms with Gasteiger partial charge in [0.1, 0.15) is 5.15 Å². The second-order valence-electron chi connectivity index (χ2n) is 2.90. The second kappa shape index (κ2) is 3.34. The second-order valence-corrected chi connectivity index (χ2v) is 3.28. The lowest BCUT2D eigenvalue weighted by Crippen LogP contribution is -1.89. The Morgan fingerprint density at radius 1 is 1.46 bits per heavy atom. The number of aromatic nitrogens is 3. The number of pyridine rings is 1. The van der Waals surface area contributed by atoms with Gasteiger partial charge in [0.2, 0.25) is 0 Å². The van der Waals surface area contributed by atoms with Gasteiger partial charge >= 0.3 is 0 Å². The fraction of sp³-hybridized carbons (Fsp3) is 0.333. The van der Waals surface area contributed by atoms with Crippen LogP contribution >= 0.6 is 11.6 Å². The molecule has 0 aliphatic heterocycles. The monoisotopic (exact) mass is 195 g/mol. The molecule has 68 valence electrons. The molecule has 0 radical (unpaired) electrons. The van der Waals surface area contributed by atoms with Crippen LogP contribution in [0, 0.1) is 0 Å². The summed E-state index contributed by atoms with van der Waals surface area (Å²) in [6.45, 7) is 2.10. The van der Waals surface area contributed by atoms with Crippen LogP contribution in [0.1, 0.15) is 19.2 Å². The summed E-state index contributed by atoms with van der Waals surface area (Å²) in [5, 5.41) is 4.88. The van der Waals surface area contributed by atoms with E-state index in [0.29, 0.717) is 5.15 Å². The maximum Gasteiger partial charge on any atom is 0.157 e. The van der Waals surface area contributed by atoms with Gasteiger partial charge in [-0.2, -0.15) is 0 Å². The number of hydrogen-bond acceptors (Lipinski definition) is 2. The zero-order valence-corrected chi connectivity index (χ0v) is 8.12. The van der Waals surface area contributed by atoms with Crippen molar-refractivity contribution >= 4 is 17.2 Å². The van der Waals surface area contributed by atoms with Gasteiger partial charge in [0.05, 0.1) is 0 Å². The van der Waals surface area contributed by atoms with E-state index in [1.807, 2.05) is 12.1 Å². The maximum atomic E-state index is 5.93. The first-order valence-electron chi connectivity index (χ1n) is 4.31. The van der Waals surface area contributed by atoms with Crippen molar-refractivity contribution in [2.75, 3.05) is 0 Å². The van der Waals surface area contributed by atoms with E-state index in [9.17, 15) is 0 Å². The molecule has 2 aromatic heterocycles. The highest BCUT2D eigenvalue weighted by atomic mass is 35.5. The number of halogens is 1. The van der Waals surface area contributed by atoms with Gasteiger partial charge in [0.15, 0.2) is 11.5 Å². The molecule has 0 atom stereocenters. The number of nitrogens with zero attached hydrogens (tertiary/aromatic N) is 3. The highest BCUT2D eigenvalue weighted by Gasteiger charge is 2.03. The molecule has 0 fully saturated rings. The zero-order valence-electron chi connectivity index (χ0n) is 7.37. The molecular formula is C9H10ClN3. The number of rotatable bonds is 2. The van der Waals surface area contributed by atoms with Gasteiger partial charge in [0, 0.05) is 6.42 Å². The highest BCUT2D eigenvalue weighted by molar-refractivity contribution is 6.29. The average molecular weight is 196 g/mol. The summed E-state index contributed by atoms with van der Waals surface area (Å²) in [7, 11) is 0. The molecule has 2 heterocycles. The average Bonchev–Trinajstić information content (AvgIpc) is 2.49. The van der Waals surface area contributed by atoms with E-state index in [1.54, 1.807) is 10.6 Å². The van der Waals surface area contributed by atoms with Crippen molar-refractivity contribution < 1.29 is 0 Å². The van der Waals surface area contributed by atoms with Crippen molar-refractivity contribution in [1.29, 1.82) is 0 Å². The van der Waals surface area contributed by atoms with E-state index in [-0.39, 0.29) is 0 Å². The van der Waals surface area contributed by atoms with Crippen molar-refractivity contribution in [2.24, 2.45) is 0 Å². The molecule has 0 amide bonds. The Kier molecular flexibility index (Phi) is 2.19. The van der Waals surface area contributed by atoms with Crippen LogP contribution in [0.15, 0.2) is 18.2 Å². The molecule has 2 aromatic rings. The Morgan fingerprint density at radius 3 is 3.00 bits per heavy atom. The normalized spacial score (nSPS) is 10.9. The third kappa shape index (κ3) is 1.52. The van der Waals surface area contributed by atoms with E-state index in [2.05, 4.69) is 17.0 Å². The van der Waals surface area contributed by atoms with E-state index in [1.165, 1.54) is 0 Å². The summed E-state index contributed by atoms with van der Waals surface area (Å²) in [5.41, 5.74) is 0.816. The van der Waals surface area contributed by atoms with Gasteiger partial charge in [-0.1, -0.05) is 24.6 Å². The summed E-state index contributed by atoms with van der Waals surface area (Å²) in [4.78, 5) is 4.33. The lowest BCUT2D eigenvalue weighted by molar-refractivity contribution is 0.819. The predicted octanol–water partition coefficient (Wildman–Crippen LogP) is 2.34. The standard InChI is InChI=1S/C9H10ClN3/c1-2-4-8-11-9-6-3-5-7(10)13(9)12-8/h3,5-6H,2,4H2,1H3. The molecule has 0 spiro atoms. The van der Waals surface area contributed by atoms with Crippen LogP contribution in [0.3, 0.4) is 0 Å². The first kappa shape index (κ1) is 8.51. The van der Waals surface area contributed by atoms with Crippen molar-refractivity contribution in [1.82, 2.24) is 14.6 Å². The number of aryl methyl sites for hydroxylation is 1. The van der Waals surface area contributed by atoms with Crippen molar-refractivity contribution in [2.45, 2.75) is 19.8 Å². The van der Waals surface area contributed by atoms with Gasteiger partial charge in [0.25, 0.3) is 0 Å². The molecule has 0 aliphatic rings. The van der Waals surface area contributed by atoms with Crippen molar-refractivity contribution in [3.05, 3.63) is 29.2 Å². The zero-order chi connectivity index (χ0) is 9.26. The van der Waals surface area contributed by atoms with Gasteiger partial charge in [-0.3, -0.25) is 0 Å². The van der Waals surface area contributed by atoms with E-state index in [0.717, 1.165) is 24.3 Å². The minimum atomic E-state index is 0.604. The quantitative estimate of drug-likeness (QED) is 0.689. The molecule has 4 heteroatoms. The topological polar surface area (TPSA) is 30.2 Å². The molecule has 0 saturated heterocycles. The molecule has 3 nitrogen and oxygen atoms in total. The summed E-state index contributed by atoms with van der Waals surface area (Å²) in [6, 6.07) is 5.58. The number of hydrogen-bond donors (Lipinski definition) is 0. The fourth-order valence-electron chi connectivity index (χ4n) is 1.25. The van der Waals surface area contributed by atoms with Gasteiger partial charge in [-0.15, -0.1) is 5.10 Å². The molecule has 0 saturated carbocycles. The van der Waals surface area contributed by atoms with E-state index in [4.69, 9.17) is 11.6 Å². The lowest BCUT2D eigenvalue weighted by Gasteiger charge is -1.91. The largest absolute Gasteiger partial charge is 0.212 e. The van der Waals surface area contributed by atoms with Crippen LogP contribution in [0.25, 0.3) is 5.65 Å². The van der Waals surface area contributed by atoms with Gasteiger partial charge in [-0.25, -0.2) is 9.50 Å². The Morgan fingerprint density at radius 2 is 2.31 bits per heavy atom. The van der Waals surface area contributed by atoms with E-state index < -0.39 is 0 Å². The molecule has 0 N–H and O–H groups in total. The van der Waals surface area contributed by atoms with Crippen LogP contribution in [0.4, 0.5) is 0 Å². The fourth-order valence-corrected chi connectivity index (χ4v) is 1.44. The molecule has 2 rings (SSSR count). The summed E-state index contributed by atoms with van der Waals surface area (Å²) >= 11 is 5.93. The minimum absolute atomic E-state index is 0.604. The molecule has 0 bridgehead atoms. The molecule has 0 aliphatic carbocycles. The minimum Gasteiger partial charge on any atom is -0.212 e. The smallest absolute Gasteiger partial charge is 0.157 e. The van der Waals surface area contributed by atoms with Crippen molar-refractivity contribution in [3.63, 3.8) is 0 Å².